The number of halogens is 2. The molecule has 0 unspecified atom stereocenters. The molecule has 18 heavy (non-hydrogen) atoms. The Hall–Kier alpha value is -2.17. The van der Waals surface area contributed by atoms with E-state index in [2.05, 4.69) is 10.3 Å². The van der Waals surface area contributed by atoms with Crippen LogP contribution in [0.15, 0.2) is 36.5 Å². The number of ether oxygens (including phenoxy) is 1. The van der Waals surface area contributed by atoms with Gasteiger partial charge in [-0.2, -0.15) is 0 Å². The summed E-state index contributed by atoms with van der Waals surface area (Å²) < 4.78 is 30.8. The van der Waals surface area contributed by atoms with E-state index in [9.17, 15) is 8.78 Å². The van der Waals surface area contributed by atoms with E-state index >= 15 is 0 Å². The molecule has 0 fully saturated rings. The van der Waals surface area contributed by atoms with Gasteiger partial charge in [0.15, 0.2) is 11.6 Å². The fraction of sp³-hybridized carbons (Fsp3) is 0.154. The zero-order valence-electron chi connectivity index (χ0n) is 9.78. The lowest BCUT2D eigenvalue weighted by Gasteiger charge is -2.09. The van der Waals surface area contributed by atoms with E-state index in [1.165, 1.54) is 13.2 Å². The third-order valence-electron chi connectivity index (χ3n) is 2.45. The van der Waals surface area contributed by atoms with Gasteiger partial charge >= 0.3 is 0 Å². The highest BCUT2D eigenvalue weighted by atomic mass is 19.2. The van der Waals surface area contributed by atoms with Crippen LogP contribution in [0.5, 0.6) is 5.88 Å². The molecule has 0 bridgehead atoms. The largest absolute Gasteiger partial charge is 0.481 e. The van der Waals surface area contributed by atoms with Gasteiger partial charge in [-0.15, -0.1) is 0 Å². The third kappa shape index (κ3) is 2.74. The van der Waals surface area contributed by atoms with Gasteiger partial charge in [-0.25, -0.2) is 13.8 Å². The normalized spacial score (nSPS) is 10.2. The van der Waals surface area contributed by atoms with E-state index in [1.54, 1.807) is 12.3 Å². The molecule has 2 aromatic rings. The lowest BCUT2D eigenvalue weighted by atomic mass is 10.2. The van der Waals surface area contributed by atoms with Crippen molar-refractivity contribution in [2.45, 2.75) is 6.54 Å². The number of pyridine rings is 1. The Morgan fingerprint density at radius 3 is 2.78 bits per heavy atom. The maximum atomic E-state index is 13.0. The van der Waals surface area contributed by atoms with E-state index in [-0.39, 0.29) is 0 Å². The molecule has 5 heteroatoms. The first-order valence-corrected chi connectivity index (χ1v) is 5.37. The highest BCUT2D eigenvalue weighted by molar-refractivity contribution is 5.44. The van der Waals surface area contributed by atoms with Crippen LogP contribution >= 0.6 is 0 Å². The first kappa shape index (κ1) is 12.3. The molecule has 0 radical (unpaired) electrons. The molecule has 3 nitrogen and oxygen atoms in total. The highest BCUT2D eigenvalue weighted by Crippen LogP contribution is 2.17. The smallest absolute Gasteiger partial charge is 0.218 e. The number of nitrogens with zero attached hydrogens (tertiary/aromatic N) is 1. The summed E-state index contributed by atoms with van der Waals surface area (Å²) in [6, 6.07) is 7.29. The van der Waals surface area contributed by atoms with Crippen molar-refractivity contribution in [1.29, 1.82) is 0 Å². The molecule has 0 aliphatic carbocycles. The summed E-state index contributed by atoms with van der Waals surface area (Å²) in [4.78, 5) is 4.04. The average molecular weight is 250 g/mol. The van der Waals surface area contributed by atoms with Crippen LogP contribution in [0.3, 0.4) is 0 Å². The summed E-state index contributed by atoms with van der Waals surface area (Å²) in [6.45, 7) is 0.419. The highest BCUT2D eigenvalue weighted by Gasteiger charge is 2.05. The standard InChI is InChI=1S/C13H12F2N2O/c1-18-13-9(3-2-6-16-13)8-17-10-4-5-11(14)12(15)7-10/h2-7,17H,8H2,1H3. The number of benzene rings is 1. The molecule has 0 aliphatic heterocycles. The summed E-state index contributed by atoms with van der Waals surface area (Å²) >= 11 is 0. The lowest BCUT2D eigenvalue weighted by Crippen LogP contribution is -2.03. The SMILES string of the molecule is COc1ncccc1CNc1ccc(F)c(F)c1. The van der Waals surface area contributed by atoms with Gasteiger partial charge in [0.1, 0.15) is 0 Å². The molecular weight excluding hydrogens is 238 g/mol. The van der Waals surface area contributed by atoms with Crippen molar-refractivity contribution in [3.63, 3.8) is 0 Å². The molecule has 0 amide bonds. The second kappa shape index (κ2) is 5.44. The van der Waals surface area contributed by atoms with Gasteiger partial charge in [0.2, 0.25) is 5.88 Å². The van der Waals surface area contributed by atoms with Gasteiger partial charge in [-0.05, 0) is 18.2 Å². The van der Waals surface area contributed by atoms with Gasteiger partial charge in [0, 0.05) is 30.1 Å². The van der Waals surface area contributed by atoms with Gasteiger partial charge in [-0.3, -0.25) is 0 Å². The van der Waals surface area contributed by atoms with Gasteiger partial charge in [0.05, 0.1) is 7.11 Å². The molecule has 0 saturated heterocycles. The van der Waals surface area contributed by atoms with Crippen molar-refractivity contribution in [3.05, 3.63) is 53.7 Å². The van der Waals surface area contributed by atoms with Crippen molar-refractivity contribution in [3.8, 4) is 5.88 Å². The number of rotatable bonds is 4. The predicted octanol–water partition coefficient (Wildman–Crippen LogP) is 2.98. The predicted molar refractivity (Wildman–Crippen MR) is 64.5 cm³/mol. The minimum Gasteiger partial charge on any atom is -0.481 e. The van der Waals surface area contributed by atoms with Gasteiger partial charge in [-0.1, -0.05) is 6.07 Å². The topological polar surface area (TPSA) is 34.1 Å². The van der Waals surface area contributed by atoms with E-state index in [4.69, 9.17) is 4.74 Å². The van der Waals surface area contributed by atoms with Crippen LogP contribution in [-0.4, -0.2) is 12.1 Å². The second-order valence-corrected chi connectivity index (χ2v) is 3.65. The zero-order chi connectivity index (χ0) is 13.0. The second-order valence-electron chi connectivity index (χ2n) is 3.65. The Kier molecular flexibility index (Phi) is 3.72. The molecule has 0 atom stereocenters. The van der Waals surface area contributed by atoms with Crippen LogP contribution < -0.4 is 10.1 Å². The zero-order valence-corrected chi connectivity index (χ0v) is 9.78. The first-order valence-electron chi connectivity index (χ1n) is 5.37. The molecule has 1 N–H and O–H groups in total. The van der Waals surface area contributed by atoms with Crippen LogP contribution in [0.2, 0.25) is 0 Å². The number of hydrogen-bond donors (Lipinski definition) is 1. The molecule has 0 spiro atoms. The maximum Gasteiger partial charge on any atom is 0.218 e. The van der Waals surface area contributed by atoms with Crippen molar-refractivity contribution in [2.24, 2.45) is 0 Å². The number of anilines is 1. The number of methoxy groups -OCH3 is 1. The molecule has 1 aromatic carbocycles. The van der Waals surface area contributed by atoms with Crippen molar-refractivity contribution in [2.75, 3.05) is 12.4 Å². The lowest BCUT2D eigenvalue weighted by molar-refractivity contribution is 0.393. The van der Waals surface area contributed by atoms with Crippen LogP contribution in [0.4, 0.5) is 14.5 Å². The fourth-order valence-corrected chi connectivity index (χ4v) is 1.55. The summed E-state index contributed by atoms with van der Waals surface area (Å²) in [5.74, 6) is -1.23. The molecule has 1 heterocycles. The quantitative estimate of drug-likeness (QED) is 0.905. The average Bonchev–Trinajstić information content (AvgIpc) is 2.40. The summed E-state index contributed by atoms with van der Waals surface area (Å²) in [7, 11) is 1.53. The summed E-state index contributed by atoms with van der Waals surface area (Å²) in [5.41, 5.74) is 1.34. The van der Waals surface area contributed by atoms with Crippen molar-refractivity contribution >= 4 is 5.69 Å². The first-order chi connectivity index (χ1) is 8.70. The summed E-state index contributed by atoms with van der Waals surface area (Å²) in [6.07, 6.45) is 1.62. The molecule has 1 aromatic heterocycles. The molecule has 94 valence electrons. The Bertz CT molecular complexity index is 546. The molecule has 0 saturated carbocycles. The Labute approximate surface area is 103 Å². The number of nitrogens with one attached hydrogen (secondary N) is 1. The Morgan fingerprint density at radius 1 is 1.22 bits per heavy atom. The Balaban J connectivity index is 2.09. The van der Waals surface area contributed by atoms with Crippen molar-refractivity contribution in [1.82, 2.24) is 4.98 Å². The van der Waals surface area contributed by atoms with E-state index < -0.39 is 11.6 Å². The van der Waals surface area contributed by atoms with Crippen LogP contribution in [0.25, 0.3) is 0 Å². The number of aromatic nitrogens is 1. The summed E-state index contributed by atoms with van der Waals surface area (Å²) in [5, 5.41) is 2.98. The van der Waals surface area contributed by atoms with E-state index in [0.29, 0.717) is 18.1 Å². The monoisotopic (exact) mass is 250 g/mol. The maximum absolute atomic E-state index is 13.0. The molecule has 2 rings (SSSR count). The minimum atomic E-state index is -0.877. The fourth-order valence-electron chi connectivity index (χ4n) is 1.55. The van der Waals surface area contributed by atoms with Crippen molar-refractivity contribution < 1.29 is 13.5 Å². The van der Waals surface area contributed by atoms with Gasteiger partial charge < -0.3 is 10.1 Å². The van der Waals surface area contributed by atoms with E-state index in [0.717, 1.165) is 17.7 Å². The minimum absolute atomic E-state index is 0.419. The number of hydrogen-bond acceptors (Lipinski definition) is 3. The third-order valence-corrected chi connectivity index (χ3v) is 2.45. The van der Waals surface area contributed by atoms with Gasteiger partial charge in [0.25, 0.3) is 0 Å². The van der Waals surface area contributed by atoms with Crippen LogP contribution in [-0.2, 0) is 6.54 Å². The van der Waals surface area contributed by atoms with E-state index in [1.807, 2.05) is 6.07 Å². The Morgan fingerprint density at radius 2 is 2.06 bits per heavy atom. The van der Waals surface area contributed by atoms with Crippen LogP contribution in [0.1, 0.15) is 5.56 Å². The van der Waals surface area contributed by atoms with Crippen LogP contribution in [0, 0.1) is 11.6 Å². The molecule has 0 aliphatic rings. The molecular formula is C13H12F2N2O.